The van der Waals surface area contributed by atoms with E-state index >= 15 is 0 Å². The second kappa shape index (κ2) is 6.10. The Bertz CT molecular complexity index is 388. The summed E-state index contributed by atoms with van der Waals surface area (Å²) in [5, 5.41) is 9.15. The summed E-state index contributed by atoms with van der Waals surface area (Å²) in [6.07, 6.45) is 1.64. The van der Waals surface area contributed by atoms with E-state index in [4.69, 9.17) is 15.7 Å². The zero-order valence-electron chi connectivity index (χ0n) is 10.5. The number of nitrogens with two attached hydrogens (primary N) is 1. The van der Waals surface area contributed by atoms with Crippen molar-refractivity contribution < 1.29 is 9.84 Å². The summed E-state index contributed by atoms with van der Waals surface area (Å²) in [6, 6.07) is 4.07. The number of anilines is 1. The van der Waals surface area contributed by atoms with Crippen LogP contribution >= 0.6 is 0 Å². The minimum absolute atomic E-state index is 0.0566. The monoisotopic (exact) mass is 252 g/mol. The van der Waals surface area contributed by atoms with Crippen molar-refractivity contribution in [1.29, 1.82) is 0 Å². The molecule has 0 saturated carbocycles. The van der Waals surface area contributed by atoms with E-state index in [1.54, 1.807) is 6.20 Å². The summed E-state index contributed by atoms with van der Waals surface area (Å²) in [6.45, 7) is 4.26. The molecule has 2 heterocycles. The third-order valence-corrected chi connectivity index (χ3v) is 3.19. The Labute approximate surface area is 107 Å². The summed E-state index contributed by atoms with van der Waals surface area (Å²) in [5.41, 5.74) is 4.41. The first-order chi connectivity index (χ1) is 8.72. The van der Waals surface area contributed by atoms with Crippen molar-refractivity contribution in [2.45, 2.75) is 25.6 Å². The quantitative estimate of drug-likeness (QED) is 0.515. The molecule has 18 heavy (non-hydrogen) atoms. The van der Waals surface area contributed by atoms with Gasteiger partial charge < -0.3 is 15.3 Å². The van der Waals surface area contributed by atoms with Crippen molar-refractivity contribution in [2.75, 3.05) is 25.2 Å². The van der Waals surface area contributed by atoms with Crippen LogP contribution in [0.2, 0.25) is 0 Å². The molecule has 2 atom stereocenters. The number of nitrogens with one attached hydrogen (secondary N) is 1. The van der Waals surface area contributed by atoms with E-state index in [1.807, 2.05) is 12.1 Å². The smallest absolute Gasteiger partial charge is 0.0933 e. The second-order valence-corrected chi connectivity index (χ2v) is 4.60. The Morgan fingerprint density at radius 2 is 2.50 bits per heavy atom. The lowest BCUT2D eigenvalue weighted by Crippen LogP contribution is -2.48. The Morgan fingerprint density at radius 1 is 1.67 bits per heavy atom. The molecule has 2 unspecified atom stereocenters. The molecule has 100 valence electrons. The van der Waals surface area contributed by atoms with E-state index in [9.17, 15) is 0 Å². The van der Waals surface area contributed by atoms with Crippen molar-refractivity contribution in [3.05, 3.63) is 24.0 Å². The summed E-state index contributed by atoms with van der Waals surface area (Å²) in [5.74, 6) is 5.38. The molecule has 1 saturated heterocycles. The minimum atomic E-state index is -0.1000. The lowest BCUT2D eigenvalue weighted by Gasteiger charge is -2.37. The first kappa shape index (κ1) is 13.2. The summed E-state index contributed by atoms with van der Waals surface area (Å²) >= 11 is 0. The third-order valence-electron chi connectivity index (χ3n) is 3.19. The zero-order valence-corrected chi connectivity index (χ0v) is 10.5. The first-order valence-corrected chi connectivity index (χ1v) is 6.11. The topological polar surface area (TPSA) is 83.6 Å². The zero-order chi connectivity index (χ0) is 13.0. The van der Waals surface area contributed by atoms with Crippen LogP contribution in [0.15, 0.2) is 18.3 Å². The predicted octanol–water partition coefficient (Wildman–Crippen LogP) is -0.0512. The molecular formula is C12H20N4O2. The molecule has 1 fully saturated rings. The van der Waals surface area contributed by atoms with Gasteiger partial charge in [-0.3, -0.25) is 15.7 Å². The molecule has 1 aliphatic heterocycles. The minimum Gasteiger partial charge on any atom is -0.394 e. The molecule has 0 aliphatic carbocycles. The molecule has 0 aromatic carbocycles. The van der Waals surface area contributed by atoms with Gasteiger partial charge in [-0.2, -0.15) is 0 Å². The molecule has 0 amide bonds. The molecule has 2 rings (SSSR count). The van der Waals surface area contributed by atoms with Gasteiger partial charge in [-0.1, -0.05) is 0 Å². The lowest BCUT2D eigenvalue weighted by atomic mass is 10.2. The van der Waals surface area contributed by atoms with Crippen molar-refractivity contribution in [1.82, 2.24) is 9.88 Å². The third kappa shape index (κ3) is 3.17. The molecule has 6 heteroatoms. The van der Waals surface area contributed by atoms with Crippen molar-refractivity contribution in [3.63, 3.8) is 0 Å². The Morgan fingerprint density at radius 3 is 3.22 bits per heavy atom. The van der Waals surface area contributed by atoms with Crippen LogP contribution in [0.4, 0.5) is 5.69 Å². The predicted molar refractivity (Wildman–Crippen MR) is 68.7 cm³/mol. The average molecular weight is 252 g/mol. The number of aromatic nitrogens is 1. The van der Waals surface area contributed by atoms with E-state index < -0.39 is 0 Å². The fourth-order valence-electron chi connectivity index (χ4n) is 2.07. The average Bonchev–Trinajstić information content (AvgIpc) is 2.41. The number of hydrogen-bond acceptors (Lipinski definition) is 6. The van der Waals surface area contributed by atoms with Crippen LogP contribution in [0, 0.1) is 0 Å². The number of nitrogens with zero attached hydrogens (tertiary/aromatic N) is 2. The van der Waals surface area contributed by atoms with Crippen LogP contribution in [-0.2, 0) is 11.3 Å². The number of aliphatic hydroxyl groups is 1. The molecule has 1 aromatic rings. The molecule has 4 N–H and O–H groups in total. The van der Waals surface area contributed by atoms with Crippen LogP contribution < -0.4 is 11.3 Å². The van der Waals surface area contributed by atoms with E-state index in [2.05, 4.69) is 22.2 Å². The van der Waals surface area contributed by atoms with Crippen molar-refractivity contribution in [2.24, 2.45) is 5.84 Å². The Balaban J connectivity index is 2.02. The molecule has 0 radical (unpaired) electrons. The number of rotatable bonds is 4. The van der Waals surface area contributed by atoms with E-state index in [0.717, 1.165) is 24.5 Å². The Hall–Kier alpha value is -1.21. The van der Waals surface area contributed by atoms with Gasteiger partial charge in [-0.05, 0) is 19.1 Å². The Kier molecular flexibility index (Phi) is 4.48. The van der Waals surface area contributed by atoms with E-state index in [1.165, 1.54) is 0 Å². The number of nitrogen functional groups attached to an aromatic ring is 1. The lowest BCUT2D eigenvalue weighted by molar-refractivity contribution is -0.0808. The number of pyridine rings is 1. The standard InChI is InChI=1S/C12H20N4O2/c1-9-8-18-12(7-17)6-16(9)5-11-4-10(15-13)2-3-14-11/h2-4,9,12,17H,5-8,13H2,1H3,(H,14,15). The van der Waals surface area contributed by atoms with Crippen LogP contribution in [0.3, 0.4) is 0 Å². The molecule has 6 nitrogen and oxygen atoms in total. The second-order valence-electron chi connectivity index (χ2n) is 4.60. The molecule has 1 aliphatic rings. The molecule has 0 bridgehead atoms. The van der Waals surface area contributed by atoms with Gasteiger partial charge >= 0.3 is 0 Å². The van der Waals surface area contributed by atoms with Gasteiger partial charge in [0.05, 0.1) is 30.7 Å². The fourth-order valence-corrected chi connectivity index (χ4v) is 2.07. The van der Waals surface area contributed by atoms with Gasteiger partial charge in [0.1, 0.15) is 0 Å². The van der Waals surface area contributed by atoms with Gasteiger partial charge in [-0.25, -0.2) is 0 Å². The maximum absolute atomic E-state index is 9.15. The van der Waals surface area contributed by atoms with Gasteiger partial charge in [0.2, 0.25) is 0 Å². The van der Waals surface area contributed by atoms with Gasteiger partial charge in [-0.15, -0.1) is 0 Å². The fraction of sp³-hybridized carbons (Fsp3) is 0.583. The van der Waals surface area contributed by atoms with Crippen LogP contribution in [0.1, 0.15) is 12.6 Å². The van der Waals surface area contributed by atoms with Gasteiger partial charge in [0.25, 0.3) is 0 Å². The number of aliphatic hydroxyl groups excluding tert-OH is 1. The van der Waals surface area contributed by atoms with Crippen LogP contribution in [0.25, 0.3) is 0 Å². The first-order valence-electron chi connectivity index (χ1n) is 6.11. The van der Waals surface area contributed by atoms with Gasteiger partial charge in [0, 0.05) is 25.3 Å². The maximum atomic E-state index is 9.15. The molecular weight excluding hydrogens is 232 g/mol. The van der Waals surface area contributed by atoms with Gasteiger partial charge in [0.15, 0.2) is 0 Å². The number of ether oxygens (including phenoxy) is 1. The maximum Gasteiger partial charge on any atom is 0.0933 e. The number of morpholine rings is 1. The van der Waals surface area contributed by atoms with Crippen molar-refractivity contribution in [3.8, 4) is 0 Å². The number of hydrogen-bond donors (Lipinski definition) is 3. The normalized spacial score (nSPS) is 25.1. The summed E-state index contributed by atoms with van der Waals surface area (Å²) in [4.78, 5) is 6.58. The number of hydrazine groups is 1. The SMILES string of the molecule is CC1COC(CO)CN1Cc1cc(NN)ccn1. The largest absolute Gasteiger partial charge is 0.394 e. The molecule has 0 spiro atoms. The highest BCUT2D eigenvalue weighted by molar-refractivity contribution is 5.41. The van der Waals surface area contributed by atoms with E-state index in [0.29, 0.717) is 12.6 Å². The van der Waals surface area contributed by atoms with Crippen LogP contribution in [-0.4, -0.2) is 46.9 Å². The van der Waals surface area contributed by atoms with E-state index in [-0.39, 0.29) is 12.7 Å². The molecule has 1 aromatic heterocycles. The highest BCUT2D eigenvalue weighted by Crippen LogP contribution is 2.15. The highest BCUT2D eigenvalue weighted by atomic mass is 16.5. The summed E-state index contributed by atoms with van der Waals surface area (Å²) in [7, 11) is 0. The van der Waals surface area contributed by atoms with Crippen LogP contribution in [0.5, 0.6) is 0 Å². The van der Waals surface area contributed by atoms with Crippen molar-refractivity contribution >= 4 is 5.69 Å². The summed E-state index contributed by atoms with van der Waals surface area (Å²) < 4.78 is 5.51. The highest BCUT2D eigenvalue weighted by Gasteiger charge is 2.25.